The molecule has 2 N–H and O–H groups in total. The monoisotopic (exact) mass is 262 g/mol. The smallest absolute Gasteiger partial charge is 0.0585 e. The summed E-state index contributed by atoms with van der Waals surface area (Å²) in [5.74, 6) is 0. The normalized spacial score (nSPS) is 16.4. The standard InChI is InChI=1S/C16H26N2O/c1-3-18(16-7-5-4-6-13(16)2)11-10-15(12-19)17-14-8-9-14/h4-7,14-15,17,19H,3,8-12H2,1-2H3. The van der Waals surface area contributed by atoms with E-state index in [4.69, 9.17) is 0 Å². The van der Waals surface area contributed by atoms with Crippen LogP contribution in [0, 0.1) is 6.92 Å². The summed E-state index contributed by atoms with van der Waals surface area (Å²) in [6.07, 6.45) is 3.53. The quantitative estimate of drug-likeness (QED) is 0.755. The first-order valence-electron chi connectivity index (χ1n) is 7.42. The van der Waals surface area contributed by atoms with Crippen molar-refractivity contribution in [3.8, 4) is 0 Å². The number of benzene rings is 1. The maximum atomic E-state index is 9.43. The van der Waals surface area contributed by atoms with Crippen LogP contribution < -0.4 is 10.2 Å². The largest absolute Gasteiger partial charge is 0.395 e. The van der Waals surface area contributed by atoms with Crippen molar-refractivity contribution in [3.63, 3.8) is 0 Å². The van der Waals surface area contributed by atoms with E-state index < -0.39 is 0 Å². The minimum atomic E-state index is 0.238. The number of hydrogen-bond acceptors (Lipinski definition) is 3. The van der Waals surface area contributed by atoms with Crippen molar-refractivity contribution >= 4 is 5.69 Å². The van der Waals surface area contributed by atoms with E-state index in [1.165, 1.54) is 24.1 Å². The van der Waals surface area contributed by atoms with E-state index in [0.717, 1.165) is 19.5 Å². The van der Waals surface area contributed by atoms with E-state index >= 15 is 0 Å². The second kappa shape index (κ2) is 6.92. The molecule has 1 atom stereocenters. The second-order valence-electron chi connectivity index (χ2n) is 5.48. The van der Waals surface area contributed by atoms with Gasteiger partial charge in [0.05, 0.1) is 6.61 Å². The van der Waals surface area contributed by atoms with Crippen molar-refractivity contribution in [1.82, 2.24) is 5.32 Å². The number of aryl methyl sites for hydroxylation is 1. The molecule has 0 aliphatic heterocycles. The zero-order valence-electron chi connectivity index (χ0n) is 12.1. The fraction of sp³-hybridized carbons (Fsp3) is 0.625. The molecule has 1 aliphatic rings. The van der Waals surface area contributed by atoms with Crippen LogP contribution >= 0.6 is 0 Å². The molecule has 1 unspecified atom stereocenters. The lowest BCUT2D eigenvalue weighted by molar-refractivity contribution is 0.235. The first-order valence-corrected chi connectivity index (χ1v) is 7.42. The molecule has 3 nitrogen and oxygen atoms in total. The number of hydrogen-bond donors (Lipinski definition) is 2. The second-order valence-corrected chi connectivity index (χ2v) is 5.48. The maximum Gasteiger partial charge on any atom is 0.0585 e. The van der Waals surface area contributed by atoms with Gasteiger partial charge in [0.15, 0.2) is 0 Å². The molecule has 1 saturated carbocycles. The Bertz CT molecular complexity index is 390. The SMILES string of the molecule is CCN(CCC(CO)NC1CC1)c1ccccc1C. The lowest BCUT2D eigenvalue weighted by Crippen LogP contribution is -2.38. The topological polar surface area (TPSA) is 35.5 Å². The van der Waals surface area contributed by atoms with Crippen LogP contribution in [-0.2, 0) is 0 Å². The van der Waals surface area contributed by atoms with Crippen molar-refractivity contribution in [2.24, 2.45) is 0 Å². The van der Waals surface area contributed by atoms with Gasteiger partial charge in [-0.2, -0.15) is 0 Å². The minimum absolute atomic E-state index is 0.238. The van der Waals surface area contributed by atoms with Gasteiger partial charge in [-0.3, -0.25) is 0 Å². The van der Waals surface area contributed by atoms with Crippen molar-refractivity contribution in [2.45, 2.75) is 45.2 Å². The molecular weight excluding hydrogens is 236 g/mol. The van der Waals surface area contributed by atoms with Crippen molar-refractivity contribution in [1.29, 1.82) is 0 Å². The van der Waals surface area contributed by atoms with Gasteiger partial charge in [0.1, 0.15) is 0 Å². The molecule has 0 heterocycles. The summed E-state index contributed by atoms with van der Waals surface area (Å²) in [6.45, 7) is 6.58. The van der Waals surface area contributed by atoms with Crippen LogP contribution in [0.25, 0.3) is 0 Å². The van der Waals surface area contributed by atoms with Crippen LogP contribution in [-0.4, -0.2) is 36.9 Å². The Morgan fingerprint density at radius 1 is 1.37 bits per heavy atom. The highest BCUT2D eigenvalue weighted by atomic mass is 16.3. The van der Waals surface area contributed by atoms with Gasteiger partial charge in [0, 0.05) is 30.9 Å². The summed E-state index contributed by atoms with van der Waals surface area (Å²) in [6, 6.07) is 9.41. The Hall–Kier alpha value is -1.06. The Labute approximate surface area is 116 Å². The third kappa shape index (κ3) is 4.22. The predicted octanol–water partition coefficient (Wildman–Crippen LogP) is 2.32. The molecule has 0 amide bonds. The van der Waals surface area contributed by atoms with E-state index in [2.05, 4.69) is 48.3 Å². The average Bonchev–Trinajstić information content (AvgIpc) is 3.23. The van der Waals surface area contributed by atoms with Gasteiger partial charge in [-0.15, -0.1) is 0 Å². The molecule has 1 aromatic carbocycles. The number of nitrogens with one attached hydrogen (secondary N) is 1. The average molecular weight is 262 g/mol. The minimum Gasteiger partial charge on any atom is -0.395 e. The highest BCUT2D eigenvalue weighted by Crippen LogP contribution is 2.21. The van der Waals surface area contributed by atoms with Crippen molar-refractivity contribution < 1.29 is 5.11 Å². The molecule has 0 aromatic heterocycles. The summed E-state index contributed by atoms with van der Waals surface area (Å²) in [5, 5.41) is 12.9. The lowest BCUT2D eigenvalue weighted by Gasteiger charge is -2.27. The van der Waals surface area contributed by atoms with Crippen LogP contribution in [0.15, 0.2) is 24.3 Å². The maximum absolute atomic E-state index is 9.43. The third-order valence-electron chi connectivity index (χ3n) is 3.85. The molecule has 1 aliphatic carbocycles. The molecule has 0 radical (unpaired) electrons. The molecule has 2 rings (SSSR count). The van der Waals surface area contributed by atoms with Gasteiger partial charge in [-0.1, -0.05) is 18.2 Å². The molecule has 0 spiro atoms. The Morgan fingerprint density at radius 2 is 2.11 bits per heavy atom. The highest BCUT2D eigenvalue weighted by molar-refractivity contribution is 5.52. The molecular formula is C16H26N2O. The van der Waals surface area contributed by atoms with Crippen LogP contribution in [0.1, 0.15) is 31.7 Å². The Morgan fingerprint density at radius 3 is 2.68 bits per heavy atom. The summed E-state index contributed by atoms with van der Waals surface area (Å²) in [7, 11) is 0. The zero-order chi connectivity index (χ0) is 13.7. The Kier molecular flexibility index (Phi) is 5.23. The first-order chi connectivity index (χ1) is 9.24. The number of anilines is 1. The lowest BCUT2D eigenvalue weighted by atomic mass is 10.1. The van der Waals surface area contributed by atoms with Crippen LogP contribution in [0.3, 0.4) is 0 Å². The van der Waals surface area contributed by atoms with Gasteiger partial charge in [-0.05, 0) is 44.7 Å². The number of aliphatic hydroxyl groups is 1. The molecule has 0 bridgehead atoms. The zero-order valence-corrected chi connectivity index (χ0v) is 12.1. The molecule has 0 saturated heterocycles. The summed E-state index contributed by atoms with van der Waals surface area (Å²) in [5.41, 5.74) is 2.63. The fourth-order valence-electron chi connectivity index (χ4n) is 2.49. The summed E-state index contributed by atoms with van der Waals surface area (Å²) >= 11 is 0. The highest BCUT2D eigenvalue weighted by Gasteiger charge is 2.24. The van der Waals surface area contributed by atoms with Gasteiger partial charge in [0.25, 0.3) is 0 Å². The molecule has 106 valence electrons. The van der Waals surface area contributed by atoms with Crippen molar-refractivity contribution in [2.75, 3.05) is 24.6 Å². The summed E-state index contributed by atoms with van der Waals surface area (Å²) < 4.78 is 0. The van der Waals surface area contributed by atoms with E-state index in [0.29, 0.717) is 6.04 Å². The Balaban J connectivity index is 1.89. The van der Waals surface area contributed by atoms with Gasteiger partial charge in [-0.25, -0.2) is 0 Å². The molecule has 19 heavy (non-hydrogen) atoms. The van der Waals surface area contributed by atoms with Crippen LogP contribution in [0.5, 0.6) is 0 Å². The van der Waals surface area contributed by atoms with Gasteiger partial charge >= 0.3 is 0 Å². The number of nitrogens with zero attached hydrogens (tertiary/aromatic N) is 1. The first kappa shape index (κ1) is 14.4. The number of aliphatic hydroxyl groups excluding tert-OH is 1. The van der Waals surface area contributed by atoms with Gasteiger partial charge < -0.3 is 15.3 Å². The fourth-order valence-corrected chi connectivity index (χ4v) is 2.49. The van der Waals surface area contributed by atoms with Crippen LogP contribution in [0.2, 0.25) is 0 Å². The van der Waals surface area contributed by atoms with E-state index in [-0.39, 0.29) is 12.6 Å². The number of para-hydroxylation sites is 1. The summed E-state index contributed by atoms with van der Waals surface area (Å²) in [4.78, 5) is 2.40. The molecule has 1 fully saturated rings. The predicted molar refractivity (Wildman–Crippen MR) is 80.7 cm³/mol. The third-order valence-corrected chi connectivity index (χ3v) is 3.85. The molecule has 1 aromatic rings. The molecule has 3 heteroatoms. The number of rotatable bonds is 8. The van der Waals surface area contributed by atoms with Gasteiger partial charge in [0.2, 0.25) is 0 Å². The van der Waals surface area contributed by atoms with E-state index in [1.807, 2.05) is 0 Å². The van der Waals surface area contributed by atoms with Crippen molar-refractivity contribution in [3.05, 3.63) is 29.8 Å². The van der Waals surface area contributed by atoms with E-state index in [9.17, 15) is 5.11 Å². The van der Waals surface area contributed by atoms with E-state index in [1.54, 1.807) is 0 Å². The van der Waals surface area contributed by atoms with Crippen LogP contribution in [0.4, 0.5) is 5.69 Å².